The number of hydrogen-bond donors (Lipinski definition) is 2. The van der Waals surface area contributed by atoms with Gasteiger partial charge in [-0.15, -0.1) is 0 Å². The van der Waals surface area contributed by atoms with Gasteiger partial charge in [-0.3, -0.25) is 0 Å². The highest BCUT2D eigenvalue weighted by Gasteiger charge is 2.20. The molecule has 1 aromatic carbocycles. The van der Waals surface area contributed by atoms with Gasteiger partial charge in [0.1, 0.15) is 5.82 Å². The molecule has 0 aliphatic carbocycles. The summed E-state index contributed by atoms with van der Waals surface area (Å²) in [6, 6.07) is 3.55. The molecule has 7 heteroatoms. The third-order valence-electron chi connectivity index (χ3n) is 3.14. The molecule has 0 spiro atoms. The second kappa shape index (κ2) is 6.30. The Morgan fingerprint density at radius 3 is 2.89 bits per heavy atom. The SMILES string of the molecule is O=S(=O)(NC[C@H]1CCCNC1)c1ccc(F)cc1Br. The fourth-order valence-corrected chi connectivity index (χ4v) is 4.26. The topological polar surface area (TPSA) is 58.2 Å². The Hall–Kier alpha value is -0.500. The average Bonchev–Trinajstić information content (AvgIpc) is 2.37. The van der Waals surface area contributed by atoms with Gasteiger partial charge in [0.05, 0.1) is 4.90 Å². The van der Waals surface area contributed by atoms with Crippen molar-refractivity contribution in [2.75, 3.05) is 19.6 Å². The van der Waals surface area contributed by atoms with Crippen molar-refractivity contribution in [1.29, 1.82) is 0 Å². The van der Waals surface area contributed by atoms with E-state index in [4.69, 9.17) is 0 Å². The molecule has 106 valence electrons. The van der Waals surface area contributed by atoms with Gasteiger partial charge in [0.15, 0.2) is 0 Å². The van der Waals surface area contributed by atoms with Crippen LogP contribution in [-0.2, 0) is 10.0 Å². The van der Waals surface area contributed by atoms with Crippen LogP contribution in [-0.4, -0.2) is 28.1 Å². The summed E-state index contributed by atoms with van der Waals surface area (Å²) in [5.41, 5.74) is 0. The predicted molar refractivity (Wildman–Crippen MR) is 74.9 cm³/mol. The van der Waals surface area contributed by atoms with Gasteiger partial charge in [0.25, 0.3) is 0 Å². The molecular weight excluding hydrogens is 335 g/mol. The van der Waals surface area contributed by atoms with Crippen molar-refractivity contribution in [2.45, 2.75) is 17.7 Å². The lowest BCUT2D eigenvalue weighted by molar-refractivity contribution is 0.376. The van der Waals surface area contributed by atoms with E-state index in [1.807, 2.05) is 0 Å². The summed E-state index contributed by atoms with van der Waals surface area (Å²) in [7, 11) is -3.60. The summed E-state index contributed by atoms with van der Waals surface area (Å²) in [6.07, 6.45) is 2.08. The molecule has 1 aliphatic rings. The molecule has 0 saturated carbocycles. The smallest absolute Gasteiger partial charge is 0.241 e. The summed E-state index contributed by atoms with van der Waals surface area (Å²) in [6.45, 7) is 2.22. The lowest BCUT2D eigenvalue weighted by Gasteiger charge is -2.22. The van der Waals surface area contributed by atoms with E-state index in [1.54, 1.807) is 0 Å². The Bertz CT molecular complexity index is 545. The molecule has 1 atom stereocenters. The number of rotatable bonds is 4. The molecule has 0 bridgehead atoms. The van der Waals surface area contributed by atoms with Crippen LogP contribution in [0.3, 0.4) is 0 Å². The lowest BCUT2D eigenvalue weighted by atomic mass is 10.0. The van der Waals surface area contributed by atoms with E-state index in [9.17, 15) is 12.8 Å². The van der Waals surface area contributed by atoms with Crippen molar-refractivity contribution in [3.05, 3.63) is 28.5 Å². The minimum absolute atomic E-state index is 0.0673. The summed E-state index contributed by atoms with van der Waals surface area (Å²) >= 11 is 3.08. The minimum Gasteiger partial charge on any atom is -0.316 e. The van der Waals surface area contributed by atoms with Crippen LogP contribution in [0.1, 0.15) is 12.8 Å². The second-order valence-electron chi connectivity index (χ2n) is 4.64. The fraction of sp³-hybridized carbons (Fsp3) is 0.500. The molecule has 0 amide bonds. The Kier molecular flexibility index (Phi) is 4.94. The molecule has 1 aromatic rings. The van der Waals surface area contributed by atoms with Crippen LogP contribution >= 0.6 is 15.9 Å². The highest BCUT2D eigenvalue weighted by atomic mass is 79.9. The number of piperidine rings is 1. The summed E-state index contributed by atoms with van der Waals surface area (Å²) < 4.78 is 40.0. The standard InChI is InChI=1S/C12H16BrFN2O2S/c13-11-6-10(14)3-4-12(11)19(17,18)16-8-9-2-1-5-15-7-9/h3-4,6,9,15-16H,1-2,5,7-8H2/t9-/m0/s1. The van der Waals surface area contributed by atoms with Gasteiger partial charge >= 0.3 is 0 Å². The second-order valence-corrected chi connectivity index (χ2v) is 7.23. The zero-order chi connectivity index (χ0) is 13.9. The van der Waals surface area contributed by atoms with E-state index < -0.39 is 15.8 Å². The van der Waals surface area contributed by atoms with Gasteiger partial charge in [-0.05, 0) is 66.0 Å². The third-order valence-corrected chi connectivity index (χ3v) is 5.54. The largest absolute Gasteiger partial charge is 0.316 e. The van der Waals surface area contributed by atoms with Gasteiger partial charge in [-0.2, -0.15) is 0 Å². The molecule has 4 nitrogen and oxygen atoms in total. The van der Waals surface area contributed by atoms with E-state index in [0.29, 0.717) is 12.5 Å². The Balaban J connectivity index is 2.05. The monoisotopic (exact) mass is 350 g/mol. The van der Waals surface area contributed by atoms with Crippen molar-refractivity contribution in [3.63, 3.8) is 0 Å². The van der Waals surface area contributed by atoms with E-state index >= 15 is 0 Å². The molecule has 0 aromatic heterocycles. The highest BCUT2D eigenvalue weighted by molar-refractivity contribution is 9.10. The molecule has 19 heavy (non-hydrogen) atoms. The number of benzene rings is 1. The van der Waals surface area contributed by atoms with E-state index in [1.165, 1.54) is 6.07 Å². The summed E-state index contributed by atoms with van der Waals surface area (Å²) in [4.78, 5) is 0.0673. The van der Waals surface area contributed by atoms with Crippen molar-refractivity contribution in [1.82, 2.24) is 10.0 Å². The predicted octanol–water partition coefficient (Wildman–Crippen LogP) is 1.87. The van der Waals surface area contributed by atoms with Crippen molar-refractivity contribution >= 4 is 26.0 Å². The van der Waals surface area contributed by atoms with Gasteiger partial charge in [0.2, 0.25) is 10.0 Å². The maximum Gasteiger partial charge on any atom is 0.241 e. The van der Waals surface area contributed by atoms with Crippen LogP contribution in [0.4, 0.5) is 4.39 Å². The Labute approximate surface area is 121 Å². The molecule has 1 saturated heterocycles. The van der Waals surface area contributed by atoms with Gasteiger partial charge in [0, 0.05) is 11.0 Å². The first kappa shape index (κ1) is 14.9. The first-order valence-electron chi connectivity index (χ1n) is 6.14. The number of hydrogen-bond acceptors (Lipinski definition) is 3. The zero-order valence-corrected chi connectivity index (χ0v) is 12.7. The van der Waals surface area contributed by atoms with Gasteiger partial charge in [-0.1, -0.05) is 0 Å². The first-order valence-corrected chi connectivity index (χ1v) is 8.42. The van der Waals surface area contributed by atoms with Crippen molar-refractivity contribution in [3.8, 4) is 0 Å². The van der Waals surface area contributed by atoms with E-state index in [0.717, 1.165) is 38.1 Å². The van der Waals surface area contributed by atoms with Crippen molar-refractivity contribution in [2.24, 2.45) is 5.92 Å². The van der Waals surface area contributed by atoms with Crippen LogP contribution in [0, 0.1) is 11.7 Å². The average molecular weight is 351 g/mol. The summed E-state index contributed by atoms with van der Waals surface area (Å²) in [5.74, 6) is -0.162. The first-order chi connectivity index (χ1) is 8.99. The van der Waals surface area contributed by atoms with Gasteiger partial charge in [-0.25, -0.2) is 17.5 Å². The van der Waals surface area contributed by atoms with Gasteiger partial charge < -0.3 is 5.32 Å². The zero-order valence-electron chi connectivity index (χ0n) is 10.3. The Morgan fingerprint density at radius 1 is 1.47 bits per heavy atom. The maximum atomic E-state index is 13.0. The van der Waals surface area contributed by atoms with Crippen LogP contribution in [0.2, 0.25) is 0 Å². The van der Waals surface area contributed by atoms with Crippen molar-refractivity contribution < 1.29 is 12.8 Å². The molecule has 1 heterocycles. The molecule has 1 fully saturated rings. The van der Waals surface area contributed by atoms with Crippen LogP contribution in [0.5, 0.6) is 0 Å². The molecule has 2 N–H and O–H groups in total. The molecule has 1 aliphatic heterocycles. The maximum absolute atomic E-state index is 13.0. The van der Waals surface area contributed by atoms with Crippen LogP contribution in [0.15, 0.2) is 27.6 Å². The number of nitrogens with one attached hydrogen (secondary N) is 2. The normalized spacial score (nSPS) is 20.4. The Morgan fingerprint density at radius 2 is 2.26 bits per heavy atom. The molecule has 0 radical (unpaired) electrons. The molecular formula is C12H16BrFN2O2S. The van der Waals surface area contributed by atoms with Crippen LogP contribution < -0.4 is 10.0 Å². The molecule has 0 unspecified atom stereocenters. The third kappa shape index (κ3) is 3.98. The fourth-order valence-electron chi connectivity index (χ4n) is 2.10. The lowest BCUT2D eigenvalue weighted by Crippen LogP contribution is -2.38. The van der Waals surface area contributed by atoms with E-state index in [-0.39, 0.29) is 9.37 Å². The minimum atomic E-state index is -3.60. The number of sulfonamides is 1. The van der Waals surface area contributed by atoms with Crippen LogP contribution in [0.25, 0.3) is 0 Å². The summed E-state index contributed by atoms with van der Waals surface area (Å²) in [5, 5.41) is 3.24. The quantitative estimate of drug-likeness (QED) is 0.871. The number of halogens is 2. The highest BCUT2D eigenvalue weighted by Crippen LogP contribution is 2.22. The molecule has 2 rings (SSSR count). The van der Waals surface area contributed by atoms with E-state index in [2.05, 4.69) is 26.0 Å².